The first-order valence-electron chi connectivity index (χ1n) is 5.55. The fourth-order valence-electron chi connectivity index (χ4n) is 1.86. The zero-order chi connectivity index (χ0) is 12.4. The third-order valence-electron chi connectivity index (χ3n) is 3.08. The van der Waals surface area contributed by atoms with Gasteiger partial charge >= 0.3 is 0 Å². The summed E-state index contributed by atoms with van der Waals surface area (Å²) in [5.41, 5.74) is 4.85. The van der Waals surface area contributed by atoms with Gasteiger partial charge in [0.2, 0.25) is 0 Å². The molecular weight excluding hydrogens is 279 g/mol. The molecule has 0 aromatic heterocycles. The van der Waals surface area contributed by atoms with Gasteiger partial charge in [-0.25, -0.2) is 4.39 Å². The predicted molar refractivity (Wildman–Crippen MR) is 73.1 cm³/mol. The van der Waals surface area contributed by atoms with Crippen molar-refractivity contribution in [3.8, 4) is 0 Å². The second kappa shape index (κ2) is 5.01. The summed E-state index contributed by atoms with van der Waals surface area (Å²) in [6.07, 6.45) is 0. The molecule has 1 unspecified atom stereocenters. The number of hydrogen-bond acceptors (Lipinski definition) is 0. The van der Waals surface area contributed by atoms with Crippen LogP contribution in [0.2, 0.25) is 0 Å². The molecule has 0 bridgehead atoms. The van der Waals surface area contributed by atoms with E-state index >= 15 is 0 Å². The molecule has 2 aromatic carbocycles. The lowest BCUT2D eigenvalue weighted by molar-refractivity contribution is 0.627. The predicted octanol–water partition coefficient (Wildman–Crippen LogP) is 4.93. The summed E-state index contributed by atoms with van der Waals surface area (Å²) in [7, 11) is 0. The van der Waals surface area contributed by atoms with E-state index in [1.165, 1.54) is 28.8 Å². The van der Waals surface area contributed by atoms with Gasteiger partial charge in [0.1, 0.15) is 5.82 Å². The van der Waals surface area contributed by atoms with Crippen LogP contribution >= 0.6 is 15.9 Å². The summed E-state index contributed by atoms with van der Waals surface area (Å²) < 4.78 is 12.9. The van der Waals surface area contributed by atoms with E-state index < -0.39 is 0 Å². The minimum atomic E-state index is -0.200. The molecule has 2 aromatic rings. The normalized spacial score (nSPS) is 12.5. The number of rotatable bonds is 2. The van der Waals surface area contributed by atoms with E-state index in [-0.39, 0.29) is 10.6 Å². The van der Waals surface area contributed by atoms with Crippen LogP contribution in [0.1, 0.15) is 27.1 Å². The summed E-state index contributed by atoms with van der Waals surface area (Å²) in [6, 6.07) is 12.9. The quantitative estimate of drug-likeness (QED) is 0.689. The van der Waals surface area contributed by atoms with Gasteiger partial charge in [0.25, 0.3) is 0 Å². The summed E-state index contributed by atoms with van der Waals surface area (Å²) in [4.78, 5) is 0.114. The minimum absolute atomic E-state index is 0.114. The van der Waals surface area contributed by atoms with E-state index in [2.05, 4.69) is 48.0 Å². The van der Waals surface area contributed by atoms with Crippen molar-refractivity contribution in [3.05, 3.63) is 70.5 Å². The fraction of sp³-hybridized carbons (Fsp3) is 0.200. The van der Waals surface area contributed by atoms with E-state index in [0.29, 0.717) is 0 Å². The maximum absolute atomic E-state index is 12.9. The third kappa shape index (κ3) is 2.58. The van der Waals surface area contributed by atoms with Crippen LogP contribution in [-0.4, -0.2) is 0 Å². The molecule has 0 radical (unpaired) electrons. The van der Waals surface area contributed by atoms with Crippen molar-refractivity contribution in [2.45, 2.75) is 18.7 Å². The molecule has 1 atom stereocenters. The lowest BCUT2D eigenvalue weighted by Crippen LogP contribution is -1.97. The maximum atomic E-state index is 12.9. The van der Waals surface area contributed by atoms with Crippen LogP contribution in [0.3, 0.4) is 0 Å². The van der Waals surface area contributed by atoms with E-state index in [1.54, 1.807) is 0 Å². The summed E-state index contributed by atoms with van der Waals surface area (Å²) >= 11 is 3.68. The molecule has 0 heterocycles. The van der Waals surface area contributed by atoms with E-state index in [9.17, 15) is 4.39 Å². The van der Waals surface area contributed by atoms with Crippen LogP contribution < -0.4 is 0 Å². The monoisotopic (exact) mass is 292 g/mol. The van der Waals surface area contributed by atoms with Gasteiger partial charge < -0.3 is 0 Å². The SMILES string of the molecule is Cc1cccc(C(Br)c2ccc(F)cc2)c1C. The highest BCUT2D eigenvalue weighted by atomic mass is 79.9. The fourth-order valence-corrected chi connectivity index (χ4v) is 2.66. The molecule has 0 amide bonds. The molecule has 0 fully saturated rings. The number of alkyl halides is 1. The Labute approximate surface area is 110 Å². The van der Waals surface area contributed by atoms with E-state index in [4.69, 9.17) is 0 Å². The number of halogens is 2. The summed E-state index contributed by atoms with van der Waals surface area (Å²) in [5.74, 6) is -0.200. The topological polar surface area (TPSA) is 0 Å². The second-order valence-corrected chi connectivity index (χ2v) is 5.12. The Hall–Kier alpha value is -1.15. The standard InChI is InChI=1S/C15H14BrF/c1-10-4-3-5-14(11(10)2)15(16)12-6-8-13(17)9-7-12/h3-9,15H,1-2H3. The average molecular weight is 293 g/mol. The Morgan fingerprint density at radius 3 is 2.29 bits per heavy atom. The highest BCUT2D eigenvalue weighted by Gasteiger charge is 2.13. The first-order chi connectivity index (χ1) is 8.09. The van der Waals surface area contributed by atoms with Crippen molar-refractivity contribution < 1.29 is 4.39 Å². The molecule has 0 nitrogen and oxygen atoms in total. The van der Waals surface area contributed by atoms with Gasteiger partial charge in [-0.15, -0.1) is 0 Å². The Morgan fingerprint density at radius 1 is 1.00 bits per heavy atom. The van der Waals surface area contributed by atoms with Crippen LogP contribution in [0.15, 0.2) is 42.5 Å². The Morgan fingerprint density at radius 2 is 1.65 bits per heavy atom. The highest BCUT2D eigenvalue weighted by molar-refractivity contribution is 9.09. The maximum Gasteiger partial charge on any atom is 0.123 e. The number of benzene rings is 2. The molecular formula is C15H14BrF. The van der Waals surface area contributed by atoms with Crippen molar-refractivity contribution >= 4 is 15.9 Å². The smallest absolute Gasteiger partial charge is 0.123 e. The number of hydrogen-bond donors (Lipinski definition) is 0. The van der Waals surface area contributed by atoms with E-state index in [0.717, 1.165) is 5.56 Å². The Balaban J connectivity index is 2.40. The molecule has 2 rings (SSSR count). The van der Waals surface area contributed by atoms with Gasteiger partial charge in [-0.1, -0.05) is 46.3 Å². The Kier molecular flexibility index (Phi) is 3.63. The molecule has 88 valence electrons. The average Bonchev–Trinajstić information content (AvgIpc) is 2.33. The van der Waals surface area contributed by atoms with Crippen LogP contribution in [0.5, 0.6) is 0 Å². The van der Waals surface area contributed by atoms with Crippen LogP contribution in [0, 0.1) is 19.7 Å². The van der Waals surface area contributed by atoms with Gasteiger partial charge in [-0.05, 0) is 48.2 Å². The molecule has 0 saturated carbocycles. The van der Waals surface area contributed by atoms with Crippen LogP contribution in [0.25, 0.3) is 0 Å². The lowest BCUT2D eigenvalue weighted by atomic mass is 9.97. The molecule has 0 aliphatic rings. The van der Waals surface area contributed by atoms with Crippen LogP contribution in [-0.2, 0) is 0 Å². The first kappa shape index (κ1) is 12.3. The van der Waals surface area contributed by atoms with Crippen molar-refractivity contribution in [1.29, 1.82) is 0 Å². The van der Waals surface area contributed by atoms with Crippen molar-refractivity contribution in [2.24, 2.45) is 0 Å². The molecule has 0 N–H and O–H groups in total. The van der Waals surface area contributed by atoms with Crippen LogP contribution in [0.4, 0.5) is 4.39 Å². The highest BCUT2D eigenvalue weighted by Crippen LogP contribution is 2.33. The van der Waals surface area contributed by atoms with Crippen molar-refractivity contribution in [1.82, 2.24) is 0 Å². The summed E-state index contributed by atoms with van der Waals surface area (Å²) in [6.45, 7) is 4.21. The van der Waals surface area contributed by atoms with Crippen molar-refractivity contribution in [3.63, 3.8) is 0 Å². The molecule has 0 spiro atoms. The van der Waals surface area contributed by atoms with E-state index in [1.807, 2.05) is 12.1 Å². The van der Waals surface area contributed by atoms with Gasteiger partial charge in [0, 0.05) is 0 Å². The molecule has 2 heteroatoms. The minimum Gasteiger partial charge on any atom is -0.207 e. The Bertz CT molecular complexity index is 517. The van der Waals surface area contributed by atoms with Gasteiger partial charge in [0.05, 0.1) is 4.83 Å². The third-order valence-corrected chi connectivity index (χ3v) is 4.10. The summed E-state index contributed by atoms with van der Waals surface area (Å²) in [5, 5.41) is 0. The zero-order valence-corrected chi connectivity index (χ0v) is 11.5. The molecule has 0 aliphatic carbocycles. The first-order valence-corrected chi connectivity index (χ1v) is 6.47. The van der Waals surface area contributed by atoms with Gasteiger partial charge in [0.15, 0.2) is 0 Å². The molecule has 17 heavy (non-hydrogen) atoms. The van der Waals surface area contributed by atoms with Crippen molar-refractivity contribution in [2.75, 3.05) is 0 Å². The van der Waals surface area contributed by atoms with Gasteiger partial charge in [-0.2, -0.15) is 0 Å². The lowest BCUT2D eigenvalue weighted by Gasteiger charge is -2.15. The largest absolute Gasteiger partial charge is 0.207 e. The molecule has 0 saturated heterocycles. The zero-order valence-electron chi connectivity index (χ0n) is 9.87. The molecule has 0 aliphatic heterocycles. The van der Waals surface area contributed by atoms with Gasteiger partial charge in [-0.3, -0.25) is 0 Å². The second-order valence-electron chi connectivity index (χ2n) is 4.20. The number of aryl methyl sites for hydroxylation is 1.